The van der Waals surface area contributed by atoms with Crippen LogP contribution in [0.15, 0.2) is 78.9 Å². The minimum Gasteiger partial charge on any atom is -0.482 e. The quantitative estimate of drug-likeness (QED) is 0.486. The first-order valence-corrected chi connectivity index (χ1v) is 9.81. The SMILES string of the molecule is O=C(COC(=O)COc1ccc(Nc2ccccc2)cc1)NCCc1ccccc1F. The summed E-state index contributed by atoms with van der Waals surface area (Å²) in [6.07, 6.45) is 0.352. The van der Waals surface area contributed by atoms with Crippen LogP contribution in [-0.4, -0.2) is 31.6 Å². The fourth-order valence-electron chi connectivity index (χ4n) is 2.74. The van der Waals surface area contributed by atoms with Crippen molar-refractivity contribution in [3.63, 3.8) is 0 Å². The first-order valence-electron chi connectivity index (χ1n) is 9.81. The van der Waals surface area contributed by atoms with Gasteiger partial charge in [-0.25, -0.2) is 9.18 Å². The number of hydrogen-bond donors (Lipinski definition) is 2. The summed E-state index contributed by atoms with van der Waals surface area (Å²) < 4.78 is 23.8. The number of hydrogen-bond acceptors (Lipinski definition) is 5. The Morgan fingerprint density at radius 1 is 0.806 bits per heavy atom. The maximum Gasteiger partial charge on any atom is 0.344 e. The Kier molecular flexibility index (Phi) is 7.99. The highest BCUT2D eigenvalue weighted by atomic mass is 19.1. The van der Waals surface area contributed by atoms with Crippen molar-refractivity contribution in [3.8, 4) is 5.75 Å². The summed E-state index contributed by atoms with van der Waals surface area (Å²) in [5, 5.41) is 5.83. The maximum absolute atomic E-state index is 13.5. The lowest BCUT2D eigenvalue weighted by Gasteiger charge is -2.09. The average Bonchev–Trinajstić information content (AvgIpc) is 2.79. The number of nitrogens with one attached hydrogen (secondary N) is 2. The fourth-order valence-corrected chi connectivity index (χ4v) is 2.74. The second kappa shape index (κ2) is 11.3. The molecule has 2 N–H and O–H groups in total. The molecule has 0 aliphatic rings. The molecule has 1 amide bonds. The van der Waals surface area contributed by atoms with Crippen LogP contribution in [0, 0.1) is 5.82 Å². The van der Waals surface area contributed by atoms with Crippen molar-refractivity contribution in [1.82, 2.24) is 5.32 Å². The van der Waals surface area contributed by atoms with E-state index < -0.39 is 18.5 Å². The Balaban J connectivity index is 1.32. The molecule has 0 aromatic heterocycles. The summed E-state index contributed by atoms with van der Waals surface area (Å²) in [6.45, 7) is -0.482. The van der Waals surface area contributed by atoms with Gasteiger partial charge in [0.15, 0.2) is 13.2 Å². The molecule has 0 unspecified atom stereocenters. The monoisotopic (exact) mass is 422 g/mol. The number of ether oxygens (including phenoxy) is 2. The Bertz CT molecular complexity index is 994. The molecule has 160 valence electrons. The normalized spacial score (nSPS) is 10.2. The molecule has 7 heteroatoms. The van der Waals surface area contributed by atoms with Crippen molar-refractivity contribution in [2.24, 2.45) is 0 Å². The predicted molar refractivity (Wildman–Crippen MR) is 116 cm³/mol. The highest BCUT2D eigenvalue weighted by molar-refractivity contribution is 5.80. The number of anilines is 2. The third kappa shape index (κ3) is 7.47. The van der Waals surface area contributed by atoms with E-state index in [2.05, 4.69) is 10.6 Å². The molecule has 0 aliphatic carbocycles. The summed E-state index contributed by atoms with van der Waals surface area (Å²) in [5.41, 5.74) is 2.36. The minimum atomic E-state index is -0.657. The minimum absolute atomic E-state index is 0.247. The molecule has 0 radical (unpaired) electrons. The van der Waals surface area contributed by atoms with Crippen LogP contribution in [0.2, 0.25) is 0 Å². The lowest BCUT2D eigenvalue weighted by molar-refractivity contribution is -0.150. The maximum atomic E-state index is 13.5. The number of benzene rings is 3. The van der Waals surface area contributed by atoms with Crippen molar-refractivity contribution in [2.45, 2.75) is 6.42 Å². The van der Waals surface area contributed by atoms with Gasteiger partial charge in [-0.15, -0.1) is 0 Å². The van der Waals surface area contributed by atoms with Gasteiger partial charge in [-0.1, -0.05) is 36.4 Å². The molecule has 0 heterocycles. The molecular weight excluding hydrogens is 399 g/mol. The van der Waals surface area contributed by atoms with Gasteiger partial charge in [-0.3, -0.25) is 4.79 Å². The standard InChI is InChI=1S/C24H23FN2O4/c25-22-9-5-4-6-18(22)14-15-26-23(28)16-31-24(29)17-30-21-12-10-20(11-13-21)27-19-7-2-1-3-8-19/h1-13,27H,14-17H2,(H,26,28). The van der Waals surface area contributed by atoms with E-state index in [1.165, 1.54) is 6.07 Å². The summed E-state index contributed by atoms with van der Waals surface area (Å²) in [6, 6.07) is 23.2. The van der Waals surface area contributed by atoms with Crippen LogP contribution in [-0.2, 0) is 20.7 Å². The zero-order valence-electron chi connectivity index (χ0n) is 16.8. The van der Waals surface area contributed by atoms with E-state index in [-0.39, 0.29) is 19.0 Å². The summed E-state index contributed by atoms with van der Waals surface area (Å²) in [7, 11) is 0. The van der Waals surface area contributed by atoms with E-state index in [1.807, 2.05) is 42.5 Å². The van der Waals surface area contributed by atoms with Gasteiger partial charge in [0, 0.05) is 17.9 Å². The molecule has 0 saturated carbocycles. The Labute approximate surface area is 180 Å². The average molecular weight is 422 g/mol. The zero-order chi connectivity index (χ0) is 21.9. The molecule has 6 nitrogen and oxygen atoms in total. The number of carbonyl (C=O) groups is 2. The first kappa shape index (κ1) is 21.8. The van der Waals surface area contributed by atoms with Gasteiger partial charge in [0.2, 0.25) is 0 Å². The van der Waals surface area contributed by atoms with Crippen LogP contribution in [0.1, 0.15) is 5.56 Å². The van der Waals surface area contributed by atoms with Gasteiger partial charge in [0.25, 0.3) is 5.91 Å². The number of amides is 1. The van der Waals surface area contributed by atoms with Gasteiger partial charge in [0.1, 0.15) is 11.6 Å². The van der Waals surface area contributed by atoms with Gasteiger partial charge in [-0.2, -0.15) is 0 Å². The number of carbonyl (C=O) groups excluding carboxylic acids is 2. The summed E-state index contributed by atoms with van der Waals surface area (Å²) in [4.78, 5) is 23.5. The Hall–Kier alpha value is -3.87. The third-order valence-electron chi connectivity index (χ3n) is 4.31. The fraction of sp³-hybridized carbons (Fsp3) is 0.167. The first-order chi connectivity index (χ1) is 15.1. The van der Waals surface area contributed by atoms with Crippen LogP contribution >= 0.6 is 0 Å². The van der Waals surface area contributed by atoms with Gasteiger partial charge >= 0.3 is 5.97 Å². The van der Waals surface area contributed by atoms with Crippen molar-refractivity contribution < 1.29 is 23.5 Å². The molecule has 0 spiro atoms. The molecule has 0 saturated heterocycles. The summed E-state index contributed by atoms with van der Waals surface area (Å²) in [5.74, 6) is -0.925. The lowest BCUT2D eigenvalue weighted by atomic mass is 10.1. The smallest absolute Gasteiger partial charge is 0.344 e. The van der Waals surface area contributed by atoms with Crippen LogP contribution in [0.4, 0.5) is 15.8 Å². The highest BCUT2D eigenvalue weighted by Crippen LogP contribution is 2.19. The molecule has 0 bridgehead atoms. The molecule has 3 aromatic carbocycles. The largest absolute Gasteiger partial charge is 0.482 e. The zero-order valence-corrected chi connectivity index (χ0v) is 16.8. The van der Waals surface area contributed by atoms with Crippen LogP contribution in [0.25, 0.3) is 0 Å². The van der Waals surface area contributed by atoms with Gasteiger partial charge in [0.05, 0.1) is 0 Å². The summed E-state index contributed by atoms with van der Waals surface area (Å²) >= 11 is 0. The molecule has 31 heavy (non-hydrogen) atoms. The molecule has 0 aliphatic heterocycles. The Morgan fingerprint density at radius 2 is 1.48 bits per heavy atom. The number of halogens is 1. The van der Waals surface area contributed by atoms with E-state index in [0.717, 1.165) is 11.4 Å². The molecule has 3 aromatic rings. The second-order valence-electron chi connectivity index (χ2n) is 6.66. The second-order valence-corrected chi connectivity index (χ2v) is 6.66. The number of para-hydroxylation sites is 1. The van der Waals surface area contributed by atoms with Crippen molar-refractivity contribution in [3.05, 3.63) is 90.2 Å². The van der Waals surface area contributed by atoms with E-state index >= 15 is 0 Å². The van der Waals surface area contributed by atoms with Crippen LogP contribution in [0.5, 0.6) is 5.75 Å². The van der Waals surface area contributed by atoms with E-state index in [0.29, 0.717) is 17.7 Å². The van der Waals surface area contributed by atoms with E-state index in [1.54, 1.807) is 30.3 Å². The molecule has 0 fully saturated rings. The highest BCUT2D eigenvalue weighted by Gasteiger charge is 2.09. The van der Waals surface area contributed by atoms with Gasteiger partial charge in [-0.05, 0) is 54.4 Å². The third-order valence-corrected chi connectivity index (χ3v) is 4.31. The van der Waals surface area contributed by atoms with Gasteiger partial charge < -0.3 is 20.1 Å². The van der Waals surface area contributed by atoms with Crippen LogP contribution in [0.3, 0.4) is 0 Å². The van der Waals surface area contributed by atoms with Crippen molar-refractivity contribution >= 4 is 23.3 Å². The van der Waals surface area contributed by atoms with Crippen molar-refractivity contribution in [2.75, 3.05) is 25.1 Å². The number of rotatable bonds is 10. The Morgan fingerprint density at radius 3 is 2.23 bits per heavy atom. The molecular formula is C24H23FN2O4. The predicted octanol–water partition coefficient (Wildman–Crippen LogP) is 3.85. The molecule has 0 atom stereocenters. The lowest BCUT2D eigenvalue weighted by Crippen LogP contribution is -2.31. The number of esters is 1. The molecule has 3 rings (SSSR count). The van der Waals surface area contributed by atoms with E-state index in [4.69, 9.17) is 9.47 Å². The van der Waals surface area contributed by atoms with Crippen molar-refractivity contribution in [1.29, 1.82) is 0 Å². The van der Waals surface area contributed by atoms with Crippen LogP contribution < -0.4 is 15.4 Å². The van der Waals surface area contributed by atoms with E-state index in [9.17, 15) is 14.0 Å². The topological polar surface area (TPSA) is 76.7 Å².